The number of hydrogen-bond donors (Lipinski definition) is 1. The first-order valence-corrected chi connectivity index (χ1v) is 1.59. The highest BCUT2D eigenvalue weighted by Gasteiger charge is 1.99. The fourth-order valence-electron chi connectivity index (χ4n) is 0.240. The second kappa shape index (κ2) is 1.18. The van der Waals surface area contributed by atoms with Crippen molar-refractivity contribution in [3.63, 3.8) is 0 Å². The van der Waals surface area contributed by atoms with E-state index >= 15 is 0 Å². The van der Waals surface area contributed by atoms with Gasteiger partial charge < -0.3 is 4.74 Å². The molecule has 1 heterocycles. The molecule has 0 bridgehead atoms. The van der Waals surface area contributed by atoms with Crippen molar-refractivity contribution in [3.8, 4) is 0 Å². The second-order valence-electron chi connectivity index (χ2n) is 0.932. The maximum absolute atomic E-state index is 4.62. The summed E-state index contributed by atoms with van der Waals surface area (Å²) in [6.07, 6.45) is 0. The zero-order valence-corrected chi connectivity index (χ0v) is 3.23. The summed E-state index contributed by atoms with van der Waals surface area (Å²) < 4.78 is 4.62. The van der Waals surface area contributed by atoms with E-state index in [1.807, 2.05) is 0 Å². The summed E-state index contributed by atoms with van der Waals surface area (Å²) >= 11 is 0. The van der Waals surface area contributed by atoms with E-state index in [0.717, 1.165) is 0 Å². The van der Waals surface area contributed by atoms with Gasteiger partial charge in [-0.25, -0.2) is 10.3 Å². The minimum atomic E-state index is 0.277. The third-order valence-electron chi connectivity index (χ3n) is 0.478. The molecule has 1 rings (SSSR count). The Morgan fingerprint density at radius 3 is 2.83 bits per heavy atom. The quantitative estimate of drug-likeness (QED) is 0.450. The van der Waals surface area contributed by atoms with E-state index in [9.17, 15) is 0 Å². The maximum atomic E-state index is 4.62. The summed E-state index contributed by atoms with van der Waals surface area (Å²) in [7, 11) is 0. The summed E-state index contributed by atoms with van der Waals surface area (Å²) in [5.41, 5.74) is 2.40. The third-order valence-corrected chi connectivity index (χ3v) is 0.478. The molecule has 0 unspecified atom stereocenters. The molecule has 3 nitrogen and oxygen atoms in total. The summed E-state index contributed by atoms with van der Waals surface area (Å²) in [4.78, 5) is 4.48. The first kappa shape index (κ1) is 3.49. The van der Waals surface area contributed by atoms with Gasteiger partial charge in [-0.3, -0.25) is 0 Å². The number of hydrogen-bond acceptors (Lipinski definition) is 3. The van der Waals surface area contributed by atoms with Gasteiger partial charge in [0.15, 0.2) is 0 Å². The Labute approximate surface area is 35.5 Å². The van der Waals surface area contributed by atoms with Crippen LogP contribution in [0, 0.1) is 0 Å². The van der Waals surface area contributed by atoms with Crippen LogP contribution in [-0.4, -0.2) is 6.79 Å². The Morgan fingerprint density at radius 1 is 1.83 bits per heavy atom. The molecule has 0 amide bonds. The van der Waals surface area contributed by atoms with Crippen molar-refractivity contribution >= 4 is 0 Å². The molecule has 0 radical (unpaired) electrons. The van der Waals surface area contributed by atoms with Crippen LogP contribution >= 0.6 is 0 Å². The number of nitrogens with one attached hydrogen (secondary N) is 1. The Kier molecular flexibility index (Phi) is 0.686. The summed E-state index contributed by atoms with van der Waals surface area (Å²) in [5, 5.41) is 0. The molecule has 0 aliphatic carbocycles. The van der Waals surface area contributed by atoms with Crippen molar-refractivity contribution in [2.75, 3.05) is 6.79 Å². The molecule has 1 aliphatic rings. The topological polar surface area (TPSA) is 30.5 Å². The van der Waals surface area contributed by atoms with Crippen LogP contribution in [0.4, 0.5) is 0 Å². The molecule has 1 saturated heterocycles. The lowest BCUT2D eigenvalue weighted by molar-refractivity contribution is 0.0419. The molecular formula is C3H5NO2. The lowest BCUT2D eigenvalue weighted by Gasteiger charge is -1.84. The Balaban J connectivity index is 2.37. The summed E-state index contributed by atoms with van der Waals surface area (Å²) in [6.45, 7) is 3.67. The van der Waals surface area contributed by atoms with Gasteiger partial charge in [-0.15, -0.1) is 0 Å². The van der Waals surface area contributed by atoms with Crippen LogP contribution in [-0.2, 0) is 9.57 Å². The largest absolute Gasteiger partial charge is 0.449 e. The molecule has 3 heteroatoms. The maximum Gasteiger partial charge on any atom is 0.215 e. The van der Waals surface area contributed by atoms with Crippen LogP contribution in [0.2, 0.25) is 0 Å². The monoisotopic (exact) mass is 87.0 g/mol. The first-order chi connectivity index (χ1) is 2.89. The van der Waals surface area contributed by atoms with E-state index in [4.69, 9.17) is 0 Å². The van der Waals surface area contributed by atoms with Crippen LogP contribution < -0.4 is 5.48 Å². The lowest BCUT2D eigenvalue weighted by atomic mass is 11.0. The Morgan fingerprint density at radius 2 is 2.67 bits per heavy atom. The van der Waals surface area contributed by atoms with Crippen molar-refractivity contribution < 1.29 is 9.57 Å². The molecule has 0 spiro atoms. The van der Waals surface area contributed by atoms with Crippen LogP contribution in [0.3, 0.4) is 0 Å². The Bertz CT molecular complexity index is 63.2. The van der Waals surface area contributed by atoms with Gasteiger partial charge in [0, 0.05) is 0 Å². The van der Waals surface area contributed by atoms with E-state index in [0.29, 0.717) is 5.88 Å². The molecule has 0 saturated carbocycles. The molecule has 0 atom stereocenters. The van der Waals surface area contributed by atoms with Gasteiger partial charge in [0.25, 0.3) is 0 Å². The fourth-order valence-corrected chi connectivity index (χ4v) is 0.240. The van der Waals surface area contributed by atoms with Crippen molar-refractivity contribution in [3.05, 3.63) is 12.5 Å². The molecule has 0 aromatic heterocycles. The highest BCUT2D eigenvalue weighted by molar-refractivity contribution is 4.74. The van der Waals surface area contributed by atoms with E-state index < -0.39 is 0 Å². The van der Waals surface area contributed by atoms with Crippen LogP contribution in [0.5, 0.6) is 0 Å². The average molecular weight is 87.1 g/mol. The number of rotatable bonds is 0. The lowest BCUT2D eigenvalue weighted by Crippen LogP contribution is -1.99. The highest BCUT2D eigenvalue weighted by atomic mass is 16.8. The van der Waals surface area contributed by atoms with Crippen molar-refractivity contribution in [1.82, 2.24) is 5.48 Å². The molecule has 0 aromatic rings. The van der Waals surface area contributed by atoms with E-state index in [-0.39, 0.29) is 6.79 Å². The van der Waals surface area contributed by atoms with Crippen LogP contribution in [0.15, 0.2) is 12.5 Å². The van der Waals surface area contributed by atoms with Gasteiger partial charge in [0.1, 0.15) is 0 Å². The zero-order chi connectivity index (χ0) is 4.41. The molecule has 1 aliphatic heterocycles. The molecule has 6 heavy (non-hydrogen) atoms. The smallest absolute Gasteiger partial charge is 0.215 e. The van der Waals surface area contributed by atoms with E-state index in [1.165, 1.54) is 0 Å². The van der Waals surface area contributed by atoms with Crippen LogP contribution in [0.1, 0.15) is 0 Å². The van der Waals surface area contributed by atoms with Gasteiger partial charge in [0.05, 0.1) is 0 Å². The molecule has 1 N–H and O–H groups in total. The van der Waals surface area contributed by atoms with Crippen LogP contribution in [0.25, 0.3) is 0 Å². The van der Waals surface area contributed by atoms with Gasteiger partial charge >= 0.3 is 0 Å². The molecule has 1 fully saturated rings. The van der Waals surface area contributed by atoms with Crippen molar-refractivity contribution in [2.24, 2.45) is 0 Å². The van der Waals surface area contributed by atoms with Crippen molar-refractivity contribution in [2.45, 2.75) is 0 Å². The van der Waals surface area contributed by atoms with Gasteiger partial charge in [-0.1, -0.05) is 0 Å². The van der Waals surface area contributed by atoms with Crippen molar-refractivity contribution in [1.29, 1.82) is 0 Å². The highest BCUT2D eigenvalue weighted by Crippen LogP contribution is 1.93. The molecular weight excluding hydrogens is 82.0 g/mol. The molecule has 34 valence electrons. The third kappa shape index (κ3) is 0.440. The predicted octanol–water partition coefficient (Wildman–Crippen LogP) is -0.0335. The first-order valence-electron chi connectivity index (χ1n) is 1.59. The SMILES string of the molecule is C=C1NOCO1. The minimum absolute atomic E-state index is 0.277. The zero-order valence-electron chi connectivity index (χ0n) is 3.23. The standard InChI is InChI=1S/C3H5NO2/c1-3-4-6-2-5-3/h4H,1-2H2. The van der Waals surface area contributed by atoms with Gasteiger partial charge in [-0.2, -0.15) is 0 Å². The minimum Gasteiger partial charge on any atom is -0.449 e. The van der Waals surface area contributed by atoms with E-state index in [1.54, 1.807) is 0 Å². The van der Waals surface area contributed by atoms with Gasteiger partial charge in [-0.05, 0) is 6.58 Å². The van der Waals surface area contributed by atoms with Gasteiger partial charge in [0.2, 0.25) is 12.7 Å². The second-order valence-corrected chi connectivity index (χ2v) is 0.932. The summed E-state index contributed by atoms with van der Waals surface area (Å²) in [6, 6.07) is 0. The number of hydroxylamine groups is 1. The normalized spacial score (nSPS) is 19.7. The Hall–Kier alpha value is -0.700. The fraction of sp³-hybridized carbons (Fsp3) is 0.333. The molecule has 0 aromatic carbocycles. The van der Waals surface area contributed by atoms with E-state index in [2.05, 4.69) is 21.6 Å². The summed E-state index contributed by atoms with van der Waals surface area (Å²) in [5.74, 6) is 0.481. The average Bonchev–Trinajstić information content (AvgIpc) is 1.86. The predicted molar refractivity (Wildman–Crippen MR) is 19.3 cm³/mol. The number of ether oxygens (including phenoxy) is 1.